The number of fused-ring (bicyclic) bond motifs is 2. The van der Waals surface area contributed by atoms with E-state index in [2.05, 4.69) is 17.1 Å². The summed E-state index contributed by atoms with van der Waals surface area (Å²) in [5, 5.41) is 3.15. The monoisotopic (exact) mass is 390 g/mol. The van der Waals surface area contributed by atoms with Crippen LogP contribution in [-0.2, 0) is 6.42 Å². The first kappa shape index (κ1) is 20.4. The number of pyridine rings is 2. The van der Waals surface area contributed by atoms with E-state index in [1.165, 1.54) is 0 Å². The lowest BCUT2D eigenvalue weighted by Gasteiger charge is -2.12. The van der Waals surface area contributed by atoms with Gasteiger partial charge in [-0.3, -0.25) is 4.98 Å². The lowest BCUT2D eigenvalue weighted by atomic mass is 10.0. The second-order valence-corrected chi connectivity index (χ2v) is 6.47. The van der Waals surface area contributed by atoms with Crippen LogP contribution in [0.3, 0.4) is 0 Å². The van der Waals surface area contributed by atoms with E-state index in [1.54, 1.807) is 14.2 Å². The summed E-state index contributed by atoms with van der Waals surface area (Å²) < 4.78 is 16.6. The highest BCUT2D eigenvalue weighted by Crippen LogP contribution is 2.34. The topological polar surface area (TPSA) is 53.5 Å². The van der Waals surface area contributed by atoms with E-state index < -0.39 is 0 Å². The molecular weight excluding hydrogens is 364 g/mol. The predicted octanol–water partition coefficient (Wildman–Crippen LogP) is 5.43. The van der Waals surface area contributed by atoms with E-state index in [4.69, 9.17) is 19.2 Å². The van der Waals surface area contributed by atoms with Crippen LogP contribution in [-0.4, -0.2) is 30.8 Å². The van der Waals surface area contributed by atoms with Gasteiger partial charge in [0.2, 0.25) is 0 Å². The third kappa shape index (κ3) is 3.94. The lowest BCUT2D eigenvalue weighted by Crippen LogP contribution is -1.98. The zero-order valence-electron chi connectivity index (χ0n) is 16.2. The predicted molar refractivity (Wildman–Crippen MR) is 117 cm³/mol. The van der Waals surface area contributed by atoms with Gasteiger partial charge in [-0.2, -0.15) is 0 Å². The number of hydrogen-bond acceptors (Lipinski definition) is 5. The second-order valence-electron chi connectivity index (χ2n) is 6.47. The van der Waals surface area contributed by atoms with Gasteiger partial charge in [-0.1, -0.05) is 25.6 Å². The molecule has 0 aliphatic heterocycles. The van der Waals surface area contributed by atoms with E-state index in [0.29, 0.717) is 24.5 Å². The molecule has 5 heteroatoms. The minimum atomic E-state index is 0. The van der Waals surface area contributed by atoms with Gasteiger partial charge < -0.3 is 14.2 Å². The molecule has 2 heterocycles. The van der Waals surface area contributed by atoms with Gasteiger partial charge in [0.1, 0.15) is 11.3 Å². The molecule has 4 rings (SSSR count). The quantitative estimate of drug-likeness (QED) is 0.440. The Hall–Kier alpha value is -3.34. The van der Waals surface area contributed by atoms with Crippen molar-refractivity contribution >= 4 is 21.7 Å². The molecule has 0 bridgehead atoms. The Kier molecular flexibility index (Phi) is 6.17. The Labute approximate surface area is 171 Å². The maximum Gasteiger partial charge on any atom is 0.161 e. The smallest absolute Gasteiger partial charge is 0.161 e. The molecule has 0 unspecified atom stereocenters. The molecule has 0 aliphatic rings. The summed E-state index contributed by atoms with van der Waals surface area (Å²) >= 11 is 0. The summed E-state index contributed by atoms with van der Waals surface area (Å²) in [6.45, 7) is 2.59. The summed E-state index contributed by atoms with van der Waals surface area (Å²) in [7, 11) is 3.28. The Morgan fingerprint density at radius 2 is 1.66 bits per heavy atom. The van der Waals surface area contributed by atoms with Crippen molar-refractivity contribution in [2.45, 2.75) is 20.8 Å². The van der Waals surface area contributed by atoms with E-state index >= 15 is 0 Å². The highest BCUT2D eigenvalue weighted by molar-refractivity contribution is 5.89. The Morgan fingerprint density at radius 1 is 0.862 bits per heavy atom. The number of ether oxygens (including phenoxy) is 3. The van der Waals surface area contributed by atoms with Gasteiger partial charge in [0.05, 0.1) is 20.8 Å². The third-order valence-electron chi connectivity index (χ3n) is 4.76. The molecule has 0 saturated carbocycles. The standard InChI is InChI=1S/C23H22N2O3.CH4/c1-4-28-20-7-5-6-15-8-9-18(25-23(15)20)10-16-13-24-14-17-11-21(26-2)22(27-3)12-19(16)17;/h5-9,11-14H,4,10H2,1-3H3;1H4. The van der Waals surface area contributed by atoms with Crippen LogP contribution >= 0.6 is 0 Å². The van der Waals surface area contributed by atoms with Gasteiger partial charge in [-0.15, -0.1) is 0 Å². The largest absolute Gasteiger partial charge is 0.493 e. The minimum Gasteiger partial charge on any atom is -0.493 e. The van der Waals surface area contributed by atoms with Crippen molar-refractivity contribution in [2.75, 3.05) is 20.8 Å². The molecule has 2 aromatic heterocycles. The summed E-state index contributed by atoms with van der Waals surface area (Å²) in [6, 6.07) is 14.1. The zero-order valence-corrected chi connectivity index (χ0v) is 16.2. The SMILES string of the molecule is C.CCOc1cccc2ccc(Cc3cncc4cc(OC)c(OC)cc34)nc12. The molecule has 150 valence electrons. The summed E-state index contributed by atoms with van der Waals surface area (Å²) in [6.07, 6.45) is 4.38. The zero-order chi connectivity index (χ0) is 19.5. The fourth-order valence-corrected chi connectivity index (χ4v) is 3.42. The second kappa shape index (κ2) is 8.78. The molecule has 0 N–H and O–H groups in total. The highest BCUT2D eigenvalue weighted by Gasteiger charge is 2.11. The van der Waals surface area contributed by atoms with E-state index in [1.807, 2.05) is 49.6 Å². The van der Waals surface area contributed by atoms with Crippen molar-refractivity contribution in [3.8, 4) is 17.2 Å². The van der Waals surface area contributed by atoms with Crippen LogP contribution in [0.25, 0.3) is 21.7 Å². The maximum atomic E-state index is 5.75. The number of rotatable bonds is 6. The molecule has 0 saturated heterocycles. The number of nitrogens with zero attached hydrogens (tertiary/aromatic N) is 2. The molecule has 0 atom stereocenters. The van der Waals surface area contributed by atoms with Crippen LogP contribution in [0.2, 0.25) is 0 Å². The molecule has 0 aliphatic carbocycles. The van der Waals surface area contributed by atoms with Gasteiger partial charge in [0.15, 0.2) is 11.5 Å². The fourth-order valence-electron chi connectivity index (χ4n) is 3.42. The first-order chi connectivity index (χ1) is 13.7. The van der Waals surface area contributed by atoms with Crippen LogP contribution < -0.4 is 14.2 Å². The average molecular weight is 390 g/mol. The van der Waals surface area contributed by atoms with Crippen LogP contribution in [0.1, 0.15) is 25.6 Å². The summed E-state index contributed by atoms with van der Waals surface area (Å²) in [5.74, 6) is 2.20. The summed E-state index contributed by atoms with van der Waals surface area (Å²) in [5.41, 5.74) is 2.93. The Morgan fingerprint density at radius 3 is 2.41 bits per heavy atom. The van der Waals surface area contributed by atoms with E-state index in [0.717, 1.165) is 38.7 Å². The molecule has 0 spiro atoms. The van der Waals surface area contributed by atoms with Crippen molar-refractivity contribution in [1.29, 1.82) is 0 Å². The van der Waals surface area contributed by atoms with Gasteiger partial charge in [0.25, 0.3) is 0 Å². The number of hydrogen-bond donors (Lipinski definition) is 0. The molecule has 29 heavy (non-hydrogen) atoms. The van der Waals surface area contributed by atoms with Crippen molar-refractivity contribution in [3.63, 3.8) is 0 Å². The maximum absolute atomic E-state index is 5.75. The van der Waals surface area contributed by atoms with Gasteiger partial charge >= 0.3 is 0 Å². The Balaban J connectivity index is 0.00000240. The molecule has 5 nitrogen and oxygen atoms in total. The average Bonchev–Trinajstić information content (AvgIpc) is 2.73. The van der Waals surface area contributed by atoms with E-state index in [9.17, 15) is 0 Å². The number of aromatic nitrogens is 2. The molecular formula is C24H26N2O3. The van der Waals surface area contributed by atoms with Crippen molar-refractivity contribution in [3.05, 3.63) is 66.1 Å². The van der Waals surface area contributed by atoms with Crippen molar-refractivity contribution < 1.29 is 14.2 Å². The van der Waals surface area contributed by atoms with Crippen LogP contribution in [0.15, 0.2) is 54.9 Å². The molecule has 2 aromatic carbocycles. The first-order valence-corrected chi connectivity index (χ1v) is 9.23. The fraction of sp³-hybridized carbons (Fsp3) is 0.250. The van der Waals surface area contributed by atoms with Crippen LogP contribution in [0.5, 0.6) is 17.2 Å². The van der Waals surface area contributed by atoms with Gasteiger partial charge in [-0.25, -0.2) is 4.98 Å². The minimum absolute atomic E-state index is 0. The van der Waals surface area contributed by atoms with Crippen molar-refractivity contribution in [1.82, 2.24) is 9.97 Å². The molecule has 0 fully saturated rings. The van der Waals surface area contributed by atoms with Gasteiger partial charge in [-0.05, 0) is 42.1 Å². The van der Waals surface area contributed by atoms with Gasteiger partial charge in [0, 0.05) is 35.3 Å². The van der Waals surface area contributed by atoms with Crippen LogP contribution in [0.4, 0.5) is 0 Å². The van der Waals surface area contributed by atoms with E-state index in [-0.39, 0.29) is 7.43 Å². The lowest BCUT2D eigenvalue weighted by molar-refractivity contribution is 0.343. The molecule has 0 radical (unpaired) electrons. The molecule has 0 amide bonds. The third-order valence-corrected chi connectivity index (χ3v) is 4.76. The van der Waals surface area contributed by atoms with Crippen LogP contribution in [0, 0.1) is 0 Å². The number of benzene rings is 2. The number of methoxy groups -OCH3 is 2. The highest BCUT2D eigenvalue weighted by atomic mass is 16.5. The molecule has 4 aromatic rings. The summed E-state index contributed by atoms with van der Waals surface area (Å²) in [4.78, 5) is 9.26. The Bertz CT molecular complexity index is 1140. The first-order valence-electron chi connectivity index (χ1n) is 9.23. The normalized spacial score (nSPS) is 10.6. The number of para-hydroxylation sites is 1. The van der Waals surface area contributed by atoms with Crippen molar-refractivity contribution in [2.24, 2.45) is 0 Å².